The van der Waals surface area contributed by atoms with Crippen molar-refractivity contribution in [3.63, 3.8) is 0 Å². The lowest BCUT2D eigenvalue weighted by Crippen LogP contribution is -2.61. The van der Waals surface area contributed by atoms with E-state index in [0.717, 1.165) is 23.3 Å². The van der Waals surface area contributed by atoms with Crippen molar-refractivity contribution in [3.8, 4) is 0 Å². The Hall–Kier alpha value is -1.10. The van der Waals surface area contributed by atoms with Crippen LogP contribution in [0.2, 0.25) is 10.0 Å². The Morgan fingerprint density at radius 1 is 1.12 bits per heavy atom. The standard InChI is InChI=1S/C20H22Cl2N2OS/c21-16-3-1-15(17(22)8-16)2-4-18(25)23-19(26)24-20-9-12-5-13(10-20)7-14(6-12)11-20/h1-4,8,12-14H,5-7,9-11H2,(H2,23,24,25,26). The van der Waals surface area contributed by atoms with Crippen LogP contribution in [0.15, 0.2) is 24.3 Å². The number of hydrogen-bond acceptors (Lipinski definition) is 2. The summed E-state index contributed by atoms with van der Waals surface area (Å²) in [6, 6.07) is 5.17. The molecule has 138 valence electrons. The van der Waals surface area contributed by atoms with Crippen molar-refractivity contribution in [2.45, 2.75) is 44.1 Å². The van der Waals surface area contributed by atoms with Gasteiger partial charge < -0.3 is 5.32 Å². The number of rotatable bonds is 3. The average molecular weight is 409 g/mol. The molecule has 26 heavy (non-hydrogen) atoms. The number of nitrogens with one attached hydrogen (secondary N) is 2. The number of halogens is 2. The molecule has 4 aliphatic carbocycles. The van der Waals surface area contributed by atoms with Crippen LogP contribution in [0.5, 0.6) is 0 Å². The van der Waals surface area contributed by atoms with Gasteiger partial charge in [-0.3, -0.25) is 10.1 Å². The molecule has 0 aromatic heterocycles. The van der Waals surface area contributed by atoms with Gasteiger partial charge >= 0.3 is 0 Å². The van der Waals surface area contributed by atoms with Crippen LogP contribution in [-0.2, 0) is 4.79 Å². The van der Waals surface area contributed by atoms with Gasteiger partial charge in [0.15, 0.2) is 5.11 Å². The van der Waals surface area contributed by atoms with Crippen molar-refractivity contribution in [1.82, 2.24) is 10.6 Å². The van der Waals surface area contributed by atoms with E-state index in [1.54, 1.807) is 24.3 Å². The lowest BCUT2D eigenvalue weighted by molar-refractivity contribution is -0.115. The Balaban J connectivity index is 1.35. The van der Waals surface area contributed by atoms with Crippen molar-refractivity contribution >= 4 is 52.5 Å². The van der Waals surface area contributed by atoms with E-state index in [2.05, 4.69) is 10.6 Å². The van der Waals surface area contributed by atoms with E-state index in [4.69, 9.17) is 35.4 Å². The number of amides is 1. The molecule has 1 amide bonds. The van der Waals surface area contributed by atoms with E-state index in [-0.39, 0.29) is 11.4 Å². The molecule has 2 N–H and O–H groups in total. The van der Waals surface area contributed by atoms with Crippen molar-refractivity contribution in [3.05, 3.63) is 39.9 Å². The van der Waals surface area contributed by atoms with E-state index in [9.17, 15) is 4.79 Å². The summed E-state index contributed by atoms with van der Waals surface area (Å²) in [6.07, 6.45) is 10.8. The van der Waals surface area contributed by atoms with Gasteiger partial charge in [-0.05, 0) is 92.3 Å². The molecule has 5 rings (SSSR count). The van der Waals surface area contributed by atoms with Crippen LogP contribution in [0.4, 0.5) is 0 Å². The highest BCUT2D eigenvalue weighted by molar-refractivity contribution is 7.80. The molecule has 4 fully saturated rings. The van der Waals surface area contributed by atoms with Crippen molar-refractivity contribution in [2.24, 2.45) is 17.8 Å². The van der Waals surface area contributed by atoms with E-state index in [1.807, 2.05) is 0 Å². The Kier molecular flexibility index (Phi) is 5.02. The van der Waals surface area contributed by atoms with Gasteiger partial charge in [-0.25, -0.2) is 0 Å². The highest BCUT2D eigenvalue weighted by Gasteiger charge is 2.51. The van der Waals surface area contributed by atoms with Gasteiger partial charge in [0.1, 0.15) is 0 Å². The van der Waals surface area contributed by atoms with Gasteiger partial charge in [-0.2, -0.15) is 0 Å². The number of carbonyl (C=O) groups excluding carboxylic acids is 1. The van der Waals surface area contributed by atoms with Crippen LogP contribution in [0, 0.1) is 17.8 Å². The molecule has 0 spiro atoms. The molecule has 4 saturated carbocycles. The quantitative estimate of drug-likeness (QED) is 0.547. The van der Waals surface area contributed by atoms with Crippen molar-refractivity contribution in [1.29, 1.82) is 0 Å². The molecular weight excluding hydrogens is 387 g/mol. The van der Waals surface area contributed by atoms with Crippen molar-refractivity contribution < 1.29 is 4.79 Å². The first-order valence-corrected chi connectivity index (χ1v) is 10.3. The second-order valence-corrected chi connectivity index (χ2v) is 9.39. The summed E-state index contributed by atoms with van der Waals surface area (Å²) in [5.41, 5.74) is 0.841. The van der Waals surface area contributed by atoms with E-state index in [1.165, 1.54) is 44.6 Å². The normalized spacial score (nSPS) is 32.0. The minimum atomic E-state index is -0.252. The average Bonchev–Trinajstić information content (AvgIpc) is 2.51. The third kappa shape index (κ3) is 3.92. The summed E-state index contributed by atoms with van der Waals surface area (Å²) in [6.45, 7) is 0. The molecule has 0 unspecified atom stereocenters. The van der Waals surface area contributed by atoms with Crippen LogP contribution in [0.1, 0.15) is 44.1 Å². The predicted octanol–water partition coefficient (Wildman–Crippen LogP) is 4.97. The molecule has 0 heterocycles. The Morgan fingerprint density at radius 2 is 1.73 bits per heavy atom. The van der Waals surface area contributed by atoms with Gasteiger partial charge in [-0.1, -0.05) is 29.3 Å². The highest BCUT2D eigenvalue weighted by atomic mass is 35.5. The highest BCUT2D eigenvalue weighted by Crippen LogP contribution is 2.55. The van der Waals surface area contributed by atoms with Crippen LogP contribution in [0.3, 0.4) is 0 Å². The lowest BCUT2D eigenvalue weighted by Gasteiger charge is -2.57. The monoisotopic (exact) mass is 408 g/mol. The zero-order chi connectivity index (χ0) is 18.3. The van der Waals surface area contributed by atoms with Gasteiger partial charge in [0.25, 0.3) is 0 Å². The first-order valence-electron chi connectivity index (χ1n) is 9.17. The molecule has 0 saturated heterocycles. The van der Waals surface area contributed by atoms with Crippen LogP contribution in [-0.4, -0.2) is 16.6 Å². The molecule has 6 heteroatoms. The fraction of sp³-hybridized carbons (Fsp3) is 0.500. The number of carbonyl (C=O) groups is 1. The number of hydrogen-bond donors (Lipinski definition) is 2. The smallest absolute Gasteiger partial charge is 0.250 e. The lowest BCUT2D eigenvalue weighted by atomic mass is 9.53. The topological polar surface area (TPSA) is 41.1 Å². The fourth-order valence-electron chi connectivity index (χ4n) is 5.49. The minimum Gasteiger partial charge on any atom is -0.357 e. The van der Waals surface area contributed by atoms with Crippen molar-refractivity contribution in [2.75, 3.05) is 0 Å². The summed E-state index contributed by atoms with van der Waals surface area (Å²) >= 11 is 17.4. The molecule has 0 radical (unpaired) electrons. The molecule has 0 atom stereocenters. The largest absolute Gasteiger partial charge is 0.357 e. The Bertz CT molecular complexity index is 742. The van der Waals surface area contributed by atoms with Crippen LogP contribution in [0.25, 0.3) is 6.08 Å². The minimum absolute atomic E-state index is 0.0995. The maximum atomic E-state index is 12.2. The zero-order valence-corrected chi connectivity index (χ0v) is 16.8. The fourth-order valence-corrected chi connectivity index (χ4v) is 6.28. The predicted molar refractivity (Wildman–Crippen MR) is 110 cm³/mol. The maximum Gasteiger partial charge on any atom is 0.250 e. The van der Waals surface area contributed by atoms with Gasteiger partial charge in [0, 0.05) is 21.7 Å². The number of benzene rings is 1. The maximum absolute atomic E-state index is 12.2. The SMILES string of the molecule is O=C(C=Cc1ccc(Cl)cc1Cl)NC(=S)NC12CC3CC(CC(C3)C1)C2. The molecule has 1 aromatic rings. The van der Waals surface area contributed by atoms with Gasteiger partial charge in [0.2, 0.25) is 5.91 Å². The molecule has 3 nitrogen and oxygen atoms in total. The third-order valence-corrected chi connectivity index (χ3v) is 6.80. The van der Waals surface area contributed by atoms with Crippen LogP contribution < -0.4 is 10.6 Å². The first-order chi connectivity index (χ1) is 12.4. The Morgan fingerprint density at radius 3 is 2.31 bits per heavy atom. The third-order valence-electron chi connectivity index (χ3n) is 6.03. The summed E-state index contributed by atoms with van der Waals surface area (Å²) in [5.74, 6) is 2.25. The van der Waals surface area contributed by atoms with E-state index >= 15 is 0 Å². The Labute approximate surface area is 169 Å². The van der Waals surface area contributed by atoms with E-state index in [0.29, 0.717) is 15.2 Å². The molecule has 4 aliphatic rings. The first kappa shape index (κ1) is 18.3. The molecule has 0 aliphatic heterocycles. The molecule has 4 bridgehead atoms. The summed E-state index contributed by atoms with van der Waals surface area (Å²) < 4.78 is 0. The second kappa shape index (κ2) is 7.14. The summed E-state index contributed by atoms with van der Waals surface area (Å²) in [5, 5.41) is 7.79. The summed E-state index contributed by atoms with van der Waals surface area (Å²) in [4.78, 5) is 12.2. The van der Waals surface area contributed by atoms with Gasteiger partial charge in [0.05, 0.1) is 0 Å². The number of thiocarbonyl (C=S) groups is 1. The molecule has 1 aromatic carbocycles. The second-order valence-electron chi connectivity index (χ2n) is 8.14. The van der Waals surface area contributed by atoms with Crippen LogP contribution >= 0.6 is 35.4 Å². The van der Waals surface area contributed by atoms with E-state index < -0.39 is 0 Å². The van der Waals surface area contributed by atoms with Gasteiger partial charge in [-0.15, -0.1) is 0 Å². The summed E-state index contributed by atoms with van der Waals surface area (Å²) in [7, 11) is 0. The zero-order valence-electron chi connectivity index (χ0n) is 14.4. The molecular formula is C20H22Cl2N2OS.